The summed E-state index contributed by atoms with van der Waals surface area (Å²) < 4.78 is 9.02. The fourth-order valence-corrected chi connectivity index (χ4v) is 4.40. The lowest BCUT2D eigenvalue weighted by Gasteiger charge is -2.09. The maximum atomic E-state index is 12.4. The zero-order chi connectivity index (χ0) is 24.2. The van der Waals surface area contributed by atoms with Crippen molar-refractivity contribution in [1.82, 2.24) is 15.0 Å². The van der Waals surface area contributed by atoms with Crippen molar-refractivity contribution in [2.45, 2.75) is 13.5 Å². The van der Waals surface area contributed by atoms with Crippen LogP contribution in [0.1, 0.15) is 16.8 Å². The van der Waals surface area contributed by atoms with E-state index in [1.54, 1.807) is 18.5 Å². The van der Waals surface area contributed by atoms with Gasteiger partial charge in [0.15, 0.2) is 6.61 Å². The van der Waals surface area contributed by atoms with Crippen LogP contribution >= 0.6 is 15.9 Å². The number of aromatic nitrogens is 2. The second kappa shape index (κ2) is 10.1. The SMILES string of the molecule is Cc1c(/C=N/NC(=O)COc2cccc3cccnc23)c2ccccc2n1Cc1ccc(Br)cc1. The third-order valence-corrected chi connectivity index (χ3v) is 6.40. The van der Waals surface area contributed by atoms with E-state index in [0.29, 0.717) is 5.75 Å². The molecule has 0 aliphatic heterocycles. The number of pyridine rings is 1. The van der Waals surface area contributed by atoms with Gasteiger partial charge in [0.25, 0.3) is 5.91 Å². The van der Waals surface area contributed by atoms with Gasteiger partial charge < -0.3 is 9.30 Å². The number of carbonyl (C=O) groups is 1. The highest BCUT2D eigenvalue weighted by Gasteiger charge is 2.13. The minimum absolute atomic E-state index is 0.155. The average molecular weight is 527 g/mol. The first-order valence-corrected chi connectivity index (χ1v) is 12.0. The Morgan fingerprint density at radius 1 is 1.06 bits per heavy atom. The van der Waals surface area contributed by atoms with Gasteiger partial charge in [0, 0.05) is 44.8 Å². The van der Waals surface area contributed by atoms with Crippen LogP contribution in [0.3, 0.4) is 0 Å². The van der Waals surface area contributed by atoms with E-state index >= 15 is 0 Å². The lowest BCUT2D eigenvalue weighted by atomic mass is 10.1. The number of hydrazone groups is 1. The van der Waals surface area contributed by atoms with Crippen molar-refractivity contribution in [3.8, 4) is 5.75 Å². The fraction of sp³-hybridized carbons (Fsp3) is 0.107. The van der Waals surface area contributed by atoms with E-state index in [0.717, 1.165) is 44.1 Å². The molecule has 7 heteroatoms. The van der Waals surface area contributed by atoms with Gasteiger partial charge in [-0.3, -0.25) is 9.78 Å². The van der Waals surface area contributed by atoms with Crippen LogP contribution in [-0.4, -0.2) is 28.3 Å². The second-order valence-electron chi connectivity index (χ2n) is 8.14. The smallest absolute Gasteiger partial charge is 0.277 e. The first-order chi connectivity index (χ1) is 17.1. The first-order valence-electron chi connectivity index (χ1n) is 11.2. The van der Waals surface area contributed by atoms with Gasteiger partial charge >= 0.3 is 0 Å². The molecule has 1 amide bonds. The van der Waals surface area contributed by atoms with E-state index in [1.165, 1.54) is 5.56 Å². The zero-order valence-corrected chi connectivity index (χ0v) is 20.7. The van der Waals surface area contributed by atoms with E-state index in [-0.39, 0.29) is 12.5 Å². The number of amides is 1. The summed E-state index contributed by atoms with van der Waals surface area (Å²) in [6.45, 7) is 2.66. The Morgan fingerprint density at radius 3 is 2.71 bits per heavy atom. The van der Waals surface area contributed by atoms with Crippen LogP contribution in [0.4, 0.5) is 0 Å². The van der Waals surface area contributed by atoms with E-state index < -0.39 is 0 Å². The van der Waals surface area contributed by atoms with Crippen LogP contribution in [-0.2, 0) is 11.3 Å². The van der Waals surface area contributed by atoms with Crippen molar-refractivity contribution in [2.75, 3.05) is 6.61 Å². The average Bonchev–Trinajstić information content (AvgIpc) is 3.15. The lowest BCUT2D eigenvalue weighted by molar-refractivity contribution is -0.123. The Kier molecular flexibility index (Phi) is 6.59. The van der Waals surface area contributed by atoms with Gasteiger partial charge in [0.05, 0.1) is 6.21 Å². The van der Waals surface area contributed by atoms with E-state index in [4.69, 9.17) is 4.74 Å². The summed E-state index contributed by atoms with van der Waals surface area (Å²) in [4.78, 5) is 16.7. The van der Waals surface area contributed by atoms with E-state index in [2.05, 4.69) is 67.2 Å². The number of nitrogens with one attached hydrogen (secondary N) is 1. The standard InChI is InChI=1S/C28H23BrN4O2/c1-19-24(23-8-2-3-9-25(23)33(19)17-20-11-13-22(29)14-12-20)16-31-32-27(34)18-35-26-10-4-6-21-7-5-15-30-28(21)26/h2-16H,17-18H2,1H3,(H,32,34)/b31-16+. The van der Waals surface area contributed by atoms with Crippen LogP contribution in [0.2, 0.25) is 0 Å². The van der Waals surface area contributed by atoms with Crippen molar-refractivity contribution in [1.29, 1.82) is 0 Å². The molecule has 0 saturated heterocycles. The molecule has 35 heavy (non-hydrogen) atoms. The predicted octanol–water partition coefficient (Wildman–Crippen LogP) is 5.84. The Balaban J connectivity index is 1.30. The maximum Gasteiger partial charge on any atom is 0.277 e. The molecule has 3 aromatic carbocycles. The van der Waals surface area contributed by atoms with Crippen molar-refractivity contribution in [3.63, 3.8) is 0 Å². The summed E-state index contributed by atoms with van der Waals surface area (Å²) in [5.74, 6) is 0.222. The summed E-state index contributed by atoms with van der Waals surface area (Å²) in [5.41, 5.74) is 7.66. The number of carbonyl (C=O) groups excluding carboxylic acids is 1. The van der Waals surface area contributed by atoms with Gasteiger partial charge in [0.2, 0.25) is 0 Å². The van der Waals surface area contributed by atoms with Crippen molar-refractivity contribution in [3.05, 3.63) is 106 Å². The minimum Gasteiger partial charge on any atom is -0.481 e. The Bertz CT molecular complexity index is 1540. The summed E-state index contributed by atoms with van der Waals surface area (Å²) in [7, 11) is 0. The molecule has 1 N–H and O–H groups in total. The molecule has 0 saturated carbocycles. The molecule has 0 aliphatic rings. The monoisotopic (exact) mass is 526 g/mol. The molecule has 174 valence electrons. The second-order valence-corrected chi connectivity index (χ2v) is 9.06. The van der Waals surface area contributed by atoms with Crippen molar-refractivity contribution >= 4 is 49.9 Å². The van der Waals surface area contributed by atoms with Crippen LogP contribution in [0.5, 0.6) is 5.75 Å². The number of benzene rings is 3. The number of nitrogens with zero attached hydrogens (tertiary/aromatic N) is 3. The van der Waals surface area contributed by atoms with Gasteiger partial charge in [-0.25, -0.2) is 5.43 Å². The molecule has 0 radical (unpaired) electrons. The van der Waals surface area contributed by atoms with E-state index in [9.17, 15) is 4.79 Å². The summed E-state index contributed by atoms with van der Waals surface area (Å²) in [5, 5.41) is 6.26. The number of hydrogen-bond donors (Lipinski definition) is 1. The third-order valence-electron chi connectivity index (χ3n) is 5.87. The fourth-order valence-electron chi connectivity index (χ4n) is 4.13. The number of para-hydroxylation sites is 2. The molecule has 5 rings (SSSR count). The quantitative estimate of drug-likeness (QED) is 0.214. The van der Waals surface area contributed by atoms with Crippen LogP contribution in [0.25, 0.3) is 21.8 Å². The van der Waals surface area contributed by atoms with Crippen LogP contribution < -0.4 is 10.2 Å². The van der Waals surface area contributed by atoms with Crippen molar-refractivity contribution in [2.24, 2.45) is 5.10 Å². The minimum atomic E-state index is -0.342. The highest BCUT2D eigenvalue weighted by Crippen LogP contribution is 2.26. The molecule has 2 heterocycles. The summed E-state index contributed by atoms with van der Waals surface area (Å²) >= 11 is 3.49. The molecular weight excluding hydrogens is 504 g/mol. The molecular formula is C28H23BrN4O2. The summed E-state index contributed by atoms with van der Waals surface area (Å²) in [6, 6.07) is 26.0. The number of fused-ring (bicyclic) bond motifs is 2. The zero-order valence-electron chi connectivity index (χ0n) is 19.1. The Morgan fingerprint density at radius 2 is 1.86 bits per heavy atom. The number of hydrogen-bond acceptors (Lipinski definition) is 4. The number of ether oxygens (including phenoxy) is 1. The Labute approximate surface area is 211 Å². The van der Waals surface area contributed by atoms with Crippen molar-refractivity contribution < 1.29 is 9.53 Å². The normalized spacial score (nSPS) is 11.4. The van der Waals surface area contributed by atoms with Gasteiger partial charge in [0.1, 0.15) is 11.3 Å². The molecule has 2 aromatic heterocycles. The number of halogens is 1. The van der Waals surface area contributed by atoms with Gasteiger partial charge in [-0.1, -0.05) is 64.5 Å². The van der Waals surface area contributed by atoms with Gasteiger partial charge in [-0.05, 0) is 42.8 Å². The van der Waals surface area contributed by atoms with Crippen LogP contribution in [0.15, 0.2) is 94.6 Å². The first kappa shape index (κ1) is 22.8. The molecule has 0 unspecified atom stereocenters. The molecule has 0 fully saturated rings. The van der Waals surface area contributed by atoms with Gasteiger partial charge in [-0.15, -0.1) is 0 Å². The molecule has 0 spiro atoms. The Hall–Kier alpha value is -3.97. The summed E-state index contributed by atoms with van der Waals surface area (Å²) in [6.07, 6.45) is 3.40. The van der Waals surface area contributed by atoms with Gasteiger partial charge in [-0.2, -0.15) is 5.10 Å². The molecule has 5 aromatic rings. The third kappa shape index (κ3) is 4.95. The number of rotatable bonds is 7. The topological polar surface area (TPSA) is 68.5 Å². The van der Waals surface area contributed by atoms with E-state index in [1.807, 2.05) is 48.5 Å². The molecule has 0 bridgehead atoms. The highest BCUT2D eigenvalue weighted by atomic mass is 79.9. The predicted molar refractivity (Wildman–Crippen MR) is 143 cm³/mol. The molecule has 6 nitrogen and oxygen atoms in total. The van der Waals surface area contributed by atoms with Crippen LogP contribution in [0, 0.1) is 6.92 Å². The maximum absolute atomic E-state index is 12.4. The molecule has 0 aliphatic carbocycles. The lowest BCUT2D eigenvalue weighted by Crippen LogP contribution is -2.24. The highest BCUT2D eigenvalue weighted by molar-refractivity contribution is 9.10. The largest absolute Gasteiger partial charge is 0.481 e. The molecule has 0 atom stereocenters.